The smallest absolute Gasteiger partial charge is 0.340 e. The lowest BCUT2D eigenvalue weighted by Gasteiger charge is -2.13. The Kier molecular flexibility index (Phi) is 6.84. The first kappa shape index (κ1) is 22.6. The molecule has 0 bridgehead atoms. The summed E-state index contributed by atoms with van der Waals surface area (Å²) in [5.74, 6) is -0.897. The van der Waals surface area contributed by atoms with Crippen molar-refractivity contribution in [2.45, 2.75) is 11.8 Å². The maximum absolute atomic E-state index is 12.7. The Morgan fingerprint density at radius 2 is 1.87 bits per heavy atom. The van der Waals surface area contributed by atoms with E-state index >= 15 is 0 Å². The van der Waals surface area contributed by atoms with E-state index in [1.807, 2.05) is 0 Å². The molecule has 31 heavy (non-hydrogen) atoms. The molecule has 0 aliphatic rings. The molecule has 1 heterocycles. The first-order chi connectivity index (χ1) is 14.7. The van der Waals surface area contributed by atoms with Gasteiger partial charge >= 0.3 is 5.97 Å². The molecule has 9 nitrogen and oxygen atoms in total. The van der Waals surface area contributed by atoms with Crippen molar-refractivity contribution in [2.24, 2.45) is 0 Å². The number of carbonyl (C=O) groups is 2. The van der Waals surface area contributed by atoms with Crippen LogP contribution in [0.2, 0.25) is 10.0 Å². The van der Waals surface area contributed by atoms with Crippen molar-refractivity contribution < 1.29 is 27.3 Å². The van der Waals surface area contributed by atoms with Crippen LogP contribution in [-0.4, -0.2) is 32.1 Å². The van der Waals surface area contributed by atoms with Gasteiger partial charge in [0.25, 0.3) is 15.9 Å². The minimum absolute atomic E-state index is 0.0447. The normalized spacial score (nSPS) is 11.1. The number of sulfonamides is 1. The zero-order valence-corrected chi connectivity index (χ0v) is 18.2. The van der Waals surface area contributed by atoms with Gasteiger partial charge < -0.3 is 14.6 Å². The fourth-order valence-electron chi connectivity index (χ4n) is 2.45. The van der Waals surface area contributed by atoms with Gasteiger partial charge in [0.15, 0.2) is 12.4 Å². The molecule has 0 saturated heterocycles. The molecule has 2 aromatic carbocycles. The largest absolute Gasteiger partial charge is 0.452 e. The Morgan fingerprint density at radius 3 is 2.58 bits per heavy atom. The summed E-state index contributed by atoms with van der Waals surface area (Å²) in [6.07, 6.45) is 0. The van der Waals surface area contributed by atoms with Crippen LogP contribution in [0.4, 0.5) is 11.5 Å². The average Bonchev–Trinajstić information content (AvgIpc) is 3.12. The zero-order valence-electron chi connectivity index (χ0n) is 15.9. The number of aromatic nitrogens is 1. The van der Waals surface area contributed by atoms with E-state index in [1.54, 1.807) is 6.92 Å². The molecule has 0 fully saturated rings. The molecule has 0 atom stereocenters. The van der Waals surface area contributed by atoms with Gasteiger partial charge in [0, 0.05) is 11.1 Å². The van der Waals surface area contributed by atoms with E-state index in [-0.39, 0.29) is 32.0 Å². The summed E-state index contributed by atoms with van der Waals surface area (Å²) in [5.41, 5.74) is -0.162. The number of esters is 1. The van der Waals surface area contributed by atoms with Crippen molar-refractivity contribution in [3.63, 3.8) is 0 Å². The zero-order chi connectivity index (χ0) is 22.6. The molecule has 1 aromatic heterocycles. The second-order valence-electron chi connectivity index (χ2n) is 6.17. The van der Waals surface area contributed by atoms with Crippen molar-refractivity contribution >= 4 is 56.6 Å². The number of aryl methyl sites for hydroxylation is 1. The number of anilines is 2. The predicted molar refractivity (Wildman–Crippen MR) is 114 cm³/mol. The molecule has 0 saturated carbocycles. The molecule has 3 rings (SSSR count). The molecule has 0 aliphatic carbocycles. The summed E-state index contributed by atoms with van der Waals surface area (Å²) in [5, 5.41) is 6.12. The standard InChI is InChI=1S/C19H15Cl2N3O6S/c1-11-8-17(23-30-11)22-18(25)10-29-19(26)13-4-2-3-5-15(13)24-31(27,28)16-9-12(20)6-7-14(16)21/h2-9,24H,10H2,1H3,(H,22,23,25). The first-order valence-corrected chi connectivity index (χ1v) is 10.9. The van der Waals surface area contributed by atoms with Crippen LogP contribution >= 0.6 is 23.2 Å². The minimum Gasteiger partial charge on any atom is -0.452 e. The third-order valence-corrected chi connectivity index (χ3v) is 5.89. The second kappa shape index (κ2) is 9.38. The van der Waals surface area contributed by atoms with Crippen LogP contribution in [-0.2, 0) is 19.6 Å². The molecule has 2 N–H and O–H groups in total. The van der Waals surface area contributed by atoms with E-state index in [9.17, 15) is 18.0 Å². The van der Waals surface area contributed by atoms with Crippen molar-refractivity contribution in [3.8, 4) is 0 Å². The van der Waals surface area contributed by atoms with Crippen molar-refractivity contribution in [1.29, 1.82) is 0 Å². The van der Waals surface area contributed by atoms with Gasteiger partial charge in [0.2, 0.25) is 0 Å². The SMILES string of the molecule is Cc1cc(NC(=O)COC(=O)c2ccccc2NS(=O)(=O)c2cc(Cl)ccc2Cl)no1. The first-order valence-electron chi connectivity index (χ1n) is 8.63. The van der Waals surface area contributed by atoms with Crippen LogP contribution in [0.5, 0.6) is 0 Å². The summed E-state index contributed by atoms with van der Waals surface area (Å²) < 4.78 is 37.6. The van der Waals surface area contributed by atoms with Crippen LogP contribution in [0.25, 0.3) is 0 Å². The van der Waals surface area contributed by atoms with Gasteiger partial charge in [0.1, 0.15) is 10.7 Å². The van der Waals surface area contributed by atoms with Gasteiger partial charge in [0.05, 0.1) is 16.3 Å². The highest BCUT2D eigenvalue weighted by molar-refractivity contribution is 7.92. The monoisotopic (exact) mass is 483 g/mol. The van der Waals surface area contributed by atoms with Crippen LogP contribution < -0.4 is 10.0 Å². The fraction of sp³-hybridized carbons (Fsp3) is 0.105. The Balaban J connectivity index is 1.73. The Morgan fingerprint density at radius 1 is 1.13 bits per heavy atom. The number of rotatable bonds is 7. The number of nitrogens with zero attached hydrogens (tertiary/aromatic N) is 1. The van der Waals surface area contributed by atoms with Crippen molar-refractivity contribution in [2.75, 3.05) is 16.6 Å². The molecule has 0 radical (unpaired) electrons. The molecule has 3 aromatic rings. The minimum atomic E-state index is -4.16. The van der Waals surface area contributed by atoms with Gasteiger partial charge in [-0.25, -0.2) is 13.2 Å². The van der Waals surface area contributed by atoms with Gasteiger partial charge in [-0.2, -0.15) is 0 Å². The van der Waals surface area contributed by atoms with E-state index in [0.717, 1.165) is 0 Å². The third-order valence-electron chi connectivity index (χ3n) is 3.80. The highest BCUT2D eigenvalue weighted by Gasteiger charge is 2.22. The summed E-state index contributed by atoms with van der Waals surface area (Å²) >= 11 is 11.8. The van der Waals surface area contributed by atoms with E-state index in [4.69, 9.17) is 32.5 Å². The molecule has 0 spiro atoms. The van der Waals surface area contributed by atoms with Crippen LogP contribution in [0.3, 0.4) is 0 Å². The Hall–Kier alpha value is -3.08. The number of amides is 1. The molecular weight excluding hydrogens is 469 g/mol. The summed E-state index contributed by atoms with van der Waals surface area (Å²) in [7, 11) is -4.16. The average molecular weight is 484 g/mol. The van der Waals surface area contributed by atoms with Crippen LogP contribution in [0.1, 0.15) is 16.1 Å². The molecule has 0 unspecified atom stereocenters. The highest BCUT2D eigenvalue weighted by Crippen LogP contribution is 2.28. The fourth-order valence-corrected chi connectivity index (χ4v) is 4.29. The van der Waals surface area contributed by atoms with Crippen molar-refractivity contribution in [3.05, 3.63) is 69.9 Å². The van der Waals surface area contributed by atoms with Gasteiger partial charge in [-0.15, -0.1) is 0 Å². The summed E-state index contributed by atoms with van der Waals surface area (Å²) in [4.78, 5) is 24.1. The second-order valence-corrected chi connectivity index (χ2v) is 8.67. The van der Waals surface area contributed by atoms with Gasteiger partial charge in [-0.05, 0) is 37.3 Å². The topological polar surface area (TPSA) is 128 Å². The number of nitrogens with one attached hydrogen (secondary N) is 2. The number of hydrogen-bond acceptors (Lipinski definition) is 7. The molecular formula is C19H15Cl2N3O6S. The number of ether oxygens (including phenoxy) is 1. The van der Waals surface area contributed by atoms with E-state index < -0.39 is 28.5 Å². The molecule has 0 aliphatic heterocycles. The van der Waals surface area contributed by atoms with E-state index in [2.05, 4.69) is 15.2 Å². The maximum atomic E-state index is 12.7. The molecule has 12 heteroatoms. The predicted octanol–water partition coefficient (Wildman–Crippen LogP) is 3.89. The number of benzene rings is 2. The lowest BCUT2D eigenvalue weighted by atomic mass is 10.2. The third kappa shape index (κ3) is 5.75. The van der Waals surface area contributed by atoms with E-state index in [0.29, 0.717) is 5.76 Å². The lowest BCUT2D eigenvalue weighted by molar-refractivity contribution is -0.119. The number of para-hydroxylation sites is 1. The number of halogens is 2. The molecule has 162 valence electrons. The molecule has 1 amide bonds. The van der Waals surface area contributed by atoms with Gasteiger partial charge in [-0.3, -0.25) is 9.52 Å². The van der Waals surface area contributed by atoms with E-state index in [1.165, 1.54) is 48.5 Å². The van der Waals surface area contributed by atoms with Crippen molar-refractivity contribution in [1.82, 2.24) is 5.16 Å². The number of hydrogen-bond donors (Lipinski definition) is 2. The van der Waals surface area contributed by atoms with Crippen LogP contribution in [0.15, 0.2) is 57.9 Å². The number of carbonyl (C=O) groups excluding carboxylic acids is 2. The highest BCUT2D eigenvalue weighted by atomic mass is 35.5. The quantitative estimate of drug-likeness (QED) is 0.487. The summed E-state index contributed by atoms with van der Waals surface area (Å²) in [6, 6.07) is 11.2. The van der Waals surface area contributed by atoms with Crippen LogP contribution in [0, 0.1) is 6.92 Å². The van der Waals surface area contributed by atoms with Gasteiger partial charge in [-0.1, -0.05) is 40.5 Å². The Labute approximate surface area is 187 Å². The summed E-state index contributed by atoms with van der Waals surface area (Å²) in [6.45, 7) is 1.03. The maximum Gasteiger partial charge on any atom is 0.340 e. The Bertz CT molecular complexity index is 1240. The lowest BCUT2D eigenvalue weighted by Crippen LogP contribution is -2.22.